The molecule has 2 aromatic rings. The van der Waals surface area contributed by atoms with Crippen LogP contribution >= 0.6 is 15.9 Å². The Morgan fingerprint density at radius 1 is 1.05 bits per heavy atom. The summed E-state index contributed by atoms with van der Waals surface area (Å²) in [4.78, 5) is 0. The molecule has 0 amide bonds. The molecule has 2 nitrogen and oxygen atoms in total. The predicted molar refractivity (Wildman–Crippen MR) is 83.4 cm³/mol. The second-order valence-electron chi connectivity index (χ2n) is 4.56. The Morgan fingerprint density at radius 3 is 2.37 bits per heavy atom. The van der Waals surface area contributed by atoms with Crippen LogP contribution in [0.4, 0.5) is 5.69 Å². The maximum Gasteiger partial charge on any atom is 0.0713 e. The fourth-order valence-electron chi connectivity index (χ4n) is 1.94. The van der Waals surface area contributed by atoms with Crippen molar-refractivity contribution >= 4 is 21.6 Å². The first-order valence-electron chi connectivity index (χ1n) is 6.26. The number of anilines is 1. The highest BCUT2D eigenvalue weighted by Gasteiger charge is 1.99. The zero-order valence-electron chi connectivity index (χ0n) is 11.2. The summed E-state index contributed by atoms with van der Waals surface area (Å²) in [7, 11) is 1.71. The number of rotatable bonds is 5. The van der Waals surface area contributed by atoms with E-state index < -0.39 is 0 Å². The lowest BCUT2D eigenvalue weighted by atomic mass is 10.1. The second kappa shape index (κ2) is 6.73. The van der Waals surface area contributed by atoms with Gasteiger partial charge < -0.3 is 10.1 Å². The molecule has 0 saturated carbocycles. The minimum atomic E-state index is 0.666. The summed E-state index contributed by atoms with van der Waals surface area (Å²) in [6, 6.07) is 14.7. The van der Waals surface area contributed by atoms with Crippen LogP contribution in [0.15, 0.2) is 46.9 Å². The summed E-state index contributed by atoms with van der Waals surface area (Å²) in [6.07, 6.45) is 0. The van der Waals surface area contributed by atoms with Gasteiger partial charge in [-0.05, 0) is 41.8 Å². The Bertz CT molecular complexity index is 537. The van der Waals surface area contributed by atoms with Gasteiger partial charge in [-0.2, -0.15) is 0 Å². The summed E-state index contributed by atoms with van der Waals surface area (Å²) in [6.45, 7) is 3.60. The van der Waals surface area contributed by atoms with E-state index in [1.165, 1.54) is 22.4 Å². The Morgan fingerprint density at radius 2 is 1.74 bits per heavy atom. The molecule has 19 heavy (non-hydrogen) atoms. The van der Waals surface area contributed by atoms with E-state index in [1.54, 1.807) is 7.11 Å². The molecule has 0 atom stereocenters. The number of benzene rings is 2. The molecule has 0 aliphatic carbocycles. The van der Waals surface area contributed by atoms with E-state index in [9.17, 15) is 0 Å². The average Bonchev–Trinajstić information content (AvgIpc) is 2.40. The van der Waals surface area contributed by atoms with E-state index in [1.807, 2.05) is 0 Å². The molecule has 3 heteroatoms. The minimum Gasteiger partial charge on any atom is -0.381 e. The van der Waals surface area contributed by atoms with Crippen molar-refractivity contribution in [1.29, 1.82) is 0 Å². The second-order valence-corrected chi connectivity index (χ2v) is 5.48. The zero-order chi connectivity index (χ0) is 13.7. The number of ether oxygens (including phenoxy) is 1. The molecule has 0 spiro atoms. The van der Waals surface area contributed by atoms with Crippen LogP contribution in [0.2, 0.25) is 0 Å². The molecule has 0 aliphatic rings. The van der Waals surface area contributed by atoms with Crippen molar-refractivity contribution in [2.24, 2.45) is 0 Å². The van der Waals surface area contributed by atoms with E-state index >= 15 is 0 Å². The molecule has 0 fully saturated rings. The molecule has 0 bridgehead atoms. The molecule has 0 radical (unpaired) electrons. The highest BCUT2D eigenvalue weighted by Crippen LogP contribution is 2.20. The SMILES string of the molecule is COCc1ccc(CNc2ccc(Br)cc2C)cc1. The maximum atomic E-state index is 5.10. The Kier molecular flexibility index (Phi) is 5.00. The molecule has 100 valence electrons. The number of hydrogen-bond acceptors (Lipinski definition) is 2. The van der Waals surface area contributed by atoms with Gasteiger partial charge >= 0.3 is 0 Å². The zero-order valence-corrected chi connectivity index (χ0v) is 12.8. The van der Waals surface area contributed by atoms with Crippen LogP contribution in [-0.4, -0.2) is 7.11 Å². The van der Waals surface area contributed by atoms with Crippen LogP contribution in [0.25, 0.3) is 0 Å². The number of hydrogen-bond donors (Lipinski definition) is 1. The van der Waals surface area contributed by atoms with E-state index in [4.69, 9.17) is 4.74 Å². The standard InChI is InChI=1S/C16H18BrNO/c1-12-9-15(17)7-8-16(12)18-10-13-3-5-14(6-4-13)11-19-2/h3-9,18H,10-11H2,1-2H3. The summed E-state index contributed by atoms with van der Waals surface area (Å²) in [5.41, 5.74) is 4.88. The van der Waals surface area contributed by atoms with Gasteiger partial charge in [0.05, 0.1) is 6.61 Å². The molecule has 1 N–H and O–H groups in total. The van der Waals surface area contributed by atoms with Gasteiger partial charge in [0, 0.05) is 23.8 Å². The highest BCUT2D eigenvalue weighted by atomic mass is 79.9. The molecular weight excluding hydrogens is 302 g/mol. The molecule has 2 rings (SSSR count). The summed E-state index contributed by atoms with van der Waals surface area (Å²) in [5.74, 6) is 0. The van der Waals surface area contributed by atoms with E-state index in [0.717, 1.165) is 11.0 Å². The van der Waals surface area contributed by atoms with Crippen LogP contribution in [0.5, 0.6) is 0 Å². The quantitative estimate of drug-likeness (QED) is 0.875. The van der Waals surface area contributed by atoms with Crippen molar-refractivity contribution in [3.05, 3.63) is 63.6 Å². The van der Waals surface area contributed by atoms with Gasteiger partial charge in [-0.25, -0.2) is 0 Å². The van der Waals surface area contributed by atoms with E-state index in [2.05, 4.69) is 70.6 Å². The number of methoxy groups -OCH3 is 1. The lowest BCUT2D eigenvalue weighted by Crippen LogP contribution is -2.01. The molecule has 0 saturated heterocycles. The van der Waals surface area contributed by atoms with Crippen LogP contribution in [0.1, 0.15) is 16.7 Å². The first-order chi connectivity index (χ1) is 9.19. The number of nitrogens with one attached hydrogen (secondary N) is 1. The lowest BCUT2D eigenvalue weighted by molar-refractivity contribution is 0.185. The van der Waals surface area contributed by atoms with E-state index in [0.29, 0.717) is 6.61 Å². The Hall–Kier alpha value is -1.32. The van der Waals surface area contributed by atoms with Crippen LogP contribution < -0.4 is 5.32 Å². The van der Waals surface area contributed by atoms with Gasteiger partial charge in [-0.15, -0.1) is 0 Å². The smallest absolute Gasteiger partial charge is 0.0713 e. The van der Waals surface area contributed by atoms with Crippen molar-refractivity contribution in [3.63, 3.8) is 0 Å². The fraction of sp³-hybridized carbons (Fsp3) is 0.250. The topological polar surface area (TPSA) is 21.3 Å². The van der Waals surface area contributed by atoms with Gasteiger partial charge in [-0.1, -0.05) is 40.2 Å². The van der Waals surface area contributed by atoms with Crippen molar-refractivity contribution in [2.75, 3.05) is 12.4 Å². The third kappa shape index (κ3) is 4.08. The minimum absolute atomic E-state index is 0.666. The van der Waals surface area contributed by atoms with Crippen molar-refractivity contribution in [3.8, 4) is 0 Å². The Labute approximate surface area is 122 Å². The molecule has 0 aliphatic heterocycles. The summed E-state index contributed by atoms with van der Waals surface area (Å²) in [5, 5.41) is 3.46. The van der Waals surface area contributed by atoms with Crippen LogP contribution in [-0.2, 0) is 17.9 Å². The van der Waals surface area contributed by atoms with Crippen molar-refractivity contribution < 1.29 is 4.74 Å². The molecule has 0 aromatic heterocycles. The number of halogens is 1. The van der Waals surface area contributed by atoms with Gasteiger partial charge in [0.25, 0.3) is 0 Å². The lowest BCUT2D eigenvalue weighted by Gasteiger charge is -2.10. The van der Waals surface area contributed by atoms with Crippen molar-refractivity contribution in [1.82, 2.24) is 0 Å². The summed E-state index contributed by atoms with van der Waals surface area (Å²) < 4.78 is 6.21. The highest BCUT2D eigenvalue weighted by molar-refractivity contribution is 9.10. The maximum absolute atomic E-state index is 5.10. The predicted octanol–water partition coefficient (Wildman–Crippen LogP) is 4.52. The monoisotopic (exact) mass is 319 g/mol. The fourth-order valence-corrected chi connectivity index (χ4v) is 2.42. The van der Waals surface area contributed by atoms with Gasteiger partial charge in [-0.3, -0.25) is 0 Å². The number of aryl methyl sites for hydroxylation is 1. The van der Waals surface area contributed by atoms with Crippen LogP contribution in [0.3, 0.4) is 0 Å². The molecule has 2 aromatic carbocycles. The van der Waals surface area contributed by atoms with Gasteiger partial charge in [0.2, 0.25) is 0 Å². The normalized spacial score (nSPS) is 10.5. The van der Waals surface area contributed by atoms with Gasteiger partial charge in [0.15, 0.2) is 0 Å². The Balaban J connectivity index is 1.98. The molecule has 0 unspecified atom stereocenters. The molecule has 0 heterocycles. The largest absolute Gasteiger partial charge is 0.381 e. The first kappa shape index (κ1) is 14.1. The van der Waals surface area contributed by atoms with E-state index in [-0.39, 0.29) is 0 Å². The third-order valence-electron chi connectivity index (χ3n) is 3.01. The van der Waals surface area contributed by atoms with Crippen LogP contribution in [0, 0.1) is 6.92 Å². The summed E-state index contributed by atoms with van der Waals surface area (Å²) >= 11 is 3.48. The third-order valence-corrected chi connectivity index (χ3v) is 3.50. The molecular formula is C16H18BrNO. The average molecular weight is 320 g/mol. The first-order valence-corrected chi connectivity index (χ1v) is 7.05. The van der Waals surface area contributed by atoms with Crippen molar-refractivity contribution in [2.45, 2.75) is 20.1 Å². The van der Waals surface area contributed by atoms with Gasteiger partial charge in [0.1, 0.15) is 0 Å².